The largest absolute Gasteiger partial charge is 0.405 e. The average molecular weight is 585 g/mol. The van der Waals surface area contributed by atoms with Gasteiger partial charge in [-0.2, -0.15) is 18.3 Å². The SMILES string of the molecule is N=C/C(=C\NC1(CN)CN(C(=O)N2CCCC2)C1)c1cnn2c(-c3cccc(NC(=O)NCC(F)(F)F)c3)cnc2c1. The molecule has 0 unspecified atom stereocenters. The van der Waals surface area contributed by atoms with Gasteiger partial charge in [0.25, 0.3) is 0 Å². The fourth-order valence-corrected chi connectivity index (χ4v) is 4.99. The Hall–Kier alpha value is -4.66. The Labute approximate surface area is 239 Å². The lowest BCUT2D eigenvalue weighted by atomic mass is 9.90. The van der Waals surface area contributed by atoms with Gasteiger partial charge in [-0.1, -0.05) is 12.1 Å². The van der Waals surface area contributed by atoms with Crippen LogP contribution in [0.15, 0.2) is 48.9 Å². The van der Waals surface area contributed by atoms with Gasteiger partial charge >= 0.3 is 18.2 Å². The van der Waals surface area contributed by atoms with Crippen LogP contribution in [-0.2, 0) is 0 Å². The number of amides is 4. The third-order valence-corrected chi connectivity index (χ3v) is 7.27. The molecule has 2 saturated heterocycles. The number of halogens is 3. The van der Waals surface area contributed by atoms with E-state index in [0.717, 1.165) is 25.9 Å². The van der Waals surface area contributed by atoms with Crippen molar-refractivity contribution >= 4 is 35.2 Å². The van der Waals surface area contributed by atoms with Gasteiger partial charge in [0.1, 0.15) is 6.54 Å². The van der Waals surface area contributed by atoms with E-state index in [1.165, 1.54) is 6.21 Å². The number of allylic oxidation sites excluding steroid dienone is 1. The molecule has 5 rings (SSSR count). The summed E-state index contributed by atoms with van der Waals surface area (Å²) in [6.07, 6.45) is 3.61. The third-order valence-electron chi connectivity index (χ3n) is 7.27. The molecular weight excluding hydrogens is 553 g/mol. The van der Waals surface area contributed by atoms with Crippen molar-refractivity contribution in [1.82, 2.24) is 35.0 Å². The molecule has 0 radical (unpaired) electrons. The van der Waals surface area contributed by atoms with E-state index in [9.17, 15) is 22.8 Å². The summed E-state index contributed by atoms with van der Waals surface area (Å²) in [5.74, 6) is 0. The summed E-state index contributed by atoms with van der Waals surface area (Å²) in [5.41, 5.74) is 8.76. The van der Waals surface area contributed by atoms with E-state index < -0.39 is 24.3 Å². The van der Waals surface area contributed by atoms with Crippen LogP contribution in [0.5, 0.6) is 0 Å². The highest BCUT2D eigenvalue weighted by molar-refractivity contribution is 6.08. The minimum Gasteiger partial charge on any atom is -0.380 e. The first-order valence-electron chi connectivity index (χ1n) is 13.4. The first kappa shape index (κ1) is 28.9. The van der Waals surface area contributed by atoms with E-state index in [0.29, 0.717) is 53.4 Å². The van der Waals surface area contributed by atoms with Crippen LogP contribution in [0.3, 0.4) is 0 Å². The van der Waals surface area contributed by atoms with Crippen LogP contribution in [0.2, 0.25) is 0 Å². The predicted molar refractivity (Wildman–Crippen MR) is 151 cm³/mol. The van der Waals surface area contributed by atoms with Crippen molar-refractivity contribution < 1.29 is 22.8 Å². The number of benzene rings is 1. The van der Waals surface area contributed by atoms with E-state index in [4.69, 9.17) is 11.1 Å². The number of carbonyl (C=O) groups excluding carboxylic acids is 2. The second kappa shape index (κ2) is 11.7. The number of anilines is 1. The number of nitrogens with one attached hydrogen (secondary N) is 4. The maximum absolute atomic E-state index is 12.7. The zero-order valence-electron chi connectivity index (χ0n) is 22.6. The zero-order chi connectivity index (χ0) is 29.9. The molecule has 3 aromatic rings. The average Bonchev–Trinajstić information content (AvgIpc) is 3.63. The molecule has 42 heavy (non-hydrogen) atoms. The highest BCUT2D eigenvalue weighted by atomic mass is 19.4. The van der Waals surface area contributed by atoms with Crippen molar-refractivity contribution in [3.05, 3.63) is 54.5 Å². The van der Waals surface area contributed by atoms with Crippen LogP contribution in [0.4, 0.5) is 28.4 Å². The van der Waals surface area contributed by atoms with Crippen LogP contribution in [-0.4, -0.2) is 93.7 Å². The molecule has 2 aliphatic rings. The maximum Gasteiger partial charge on any atom is 0.405 e. The summed E-state index contributed by atoms with van der Waals surface area (Å²) in [5, 5.41) is 19.9. The summed E-state index contributed by atoms with van der Waals surface area (Å²) in [6.45, 7) is 1.39. The van der Waals surface area contributed by atoms with E-state index >= 15 is 0 Å². The smallest absolute Gasteiger partial charge is 0.380 e. The number of hydrogen-bond donors (Lipinski definition) is 5. The lowest BCUT2D eigenvalue weighted by Crippen LogP contribution is -2.73. The normalized spacial score (nSPS) is 16.7. The van der Waals surface area contributed by atoms with Gasteiger partial charge in [-0.15, -0.1) is 0 Å². The molecule has 0 spiro atoms. The number of aromatic nitrogens is 3. The van der Waals surface area contributed by atoms with E-state index in [1.54, 1.807) is 63.7 Å². The number of nitrogens with zero attached hydrogens (tertiary/aromatic N) is 5. The molecule has 2 aliphatic heterocycles. The van der Waals surface area contributed by atoms with Crippen molar-refractivity contribution in [1.29, 1.82) is 5.41 Å². The van der Waals surface area contributed by atoms with Gasteiger partial charge in [0.15, 0.2) is 5.65 Å². The van der Waals surface area contributed by atoms with Crippen molar-refractivity contribution in [3.8, 4) is 11.3 Å². The van der Waals surface area contributed by atoms with Crippen molar-refractivity contribution in [2.75, 3.05) is 44.6 Å². The van der Waals surface area contributed by atoms with Crippen LogP contribution in [0.25, 0.3) is 22.5 Å². The molecule has 0 saturated carbocycles. The van der Waals surface area contributed by atoms with Gasteiger partial charge in [0.2, 0.25) is 0 Å². The fraction of sp³-hybridized carbons (Fsp3) is 0.370. The molecule has 4 heterocycles. The molecular formula is C27H31F3N10O2. The van der Waals surface area contributed by atoms with Gasteiger partial charge < -0.3 is 36.9 Å². The summed E-state index contributed by atoms with van der Waals surface area (Å²) >= 11 is 0. The molecule has 1 aromatic carbocycles. The Balaban J connectivity index is 1.27. The highest BCUT2D eigenvalue weighted by Crippen LogP contribution is 2.26. The Morgan fingerprint density at radius 1 is 1.12 bits per heavy atom. The number of rotatable bonds is 8. The van der Waals surface area contributed by atoms with Crippen LogP contribution >= 0.6 is 0 Å². The molecule has 0 aliphatic carbocycles. The second-order valence-corrected chi connectivity index (χ2v) is 10.4. The van der Waals surface area contributed by atoms with Crippen molar-refractivity contribution in [2.24, 2.45) is 5.73 Å². The molecule has 0 atom stereocenters. The second-order valence-electron chi connectivity index (χ2n) is 10.4. The lowest BCUT2D eigenvalue weighted by Gasteiger charge is -2.50. The fourth-order valence-electron chi connectivity index (χ4n) is 4.99. The number of alkyl halides is 3. The van der Waals surface area contributed by atoms with Gasteiger partial charge in [0.05, 0.1) is 23.6 Å². The van der Waals surface area contributed by atoms with Crippen molar-refractivity contribution in [3.63, 3.8) is 0 Å². The van der Waals surface area contributed by atoms with Crippen LogP contribution in [0, 0.1) is 5.41 Å². The highest BCUT2D eigenvalue weighted by Gasteiger charge is 2.45. The van der Waals surface area contributed by atoms with Crippen molar-refractivity contribution in [2.45, 2.75) is 24.6 Å². The quantitative estimate of drug-likeness (QED) is 0.256. The number of urea groups is 2. The van der Waals surface area contributed by atoms with Gasteiger partial charge in [-0.05, 0) is 31.0 Å². The molecule has 2 aromatic heterocycles. The standard InChI is InChI=1S/C27H31F3N10O2/c28-27(29,30)15-34-24(41)37-21-5-3-4-18(8-21)22-13-33-23-9-19(12-36-40(22)23)20(10-31)11-35-26(14-32)16-39(17-26)25(42)38-6-1-2-7-38/h3-5,8-13,31,35H,1-2,6-7,14-17,32H2,(H2,34,37,41)/b20-11+,31-10?. The molecule has 2 fully saturated rings. The zero-order valence-corrected chi connectivity index (χ0v) is 22.6. The number of hydrogen-bond acceptors (Lipinski definition) is 7. The van der Waals surface area contributed by atoms with Gasteiger partial charge in [0, 0.05) is 67.5 Å². The third kappa shape index (κ3) is 6.30. The van der Waals surface area contributed by atoms with E-state index in [-0.39, 0.29) is 6.03 Å². The first-order valence-corrected chi connectivity index (χ1v) is 13.4. The number of likely N-dealkylation sites (tertiary alicyclic amines) is 2. The molecule has 0 bridgehead atoms. The minimum atomic E-state index is -4.51. The topological polar surface area (TPSA) is 157 Å². The summed E-state index contributed by atoms with van der Waals surface area (Å²) < 4.78 is 38.7. The molecule has 6 N–H and O–H groups in total. The molecule has 222 valence electrons. The Morgan fingerprint density at radius 2 is 1.88 bits per heavy atom. The molecule has 15 heteroatoms. The maximum atomic E-state index is 12.7. The molecule has 12 nitrogen and oxygen atoms in total. The van der Waals surface area contributed by atoms with Gasteiger partial charge in [-0.3, -0.25) is 0 Å². The van der Waals surface area contributed by atoms with E-state index in [1.807, 2.05) is 4.90 Å². The Kier molecular flexibility index (Phi) is 8.02. The molecule has 4 amide bonds. The summed E-state index contributed by atoms with van der Waals surface area (Å²) in [7, 11) is 0. The Bertz CT molecular complexity index is 1510. The van der Waals surface area contributed by atoms with Crippen LogP contribution in [0.1, 0.15) is 18.4 Å². The monoisotopic (exact) mass is 584 g/mol. The number of nitrogens with two attached hydrogens (primary N) is 1. The predicted octanol–water partition coefficient (Wildman–Crippen LogP) is 2.89. The number of fused-ring (bicyclic) bond motifs is 1. The summed E-state index contributed by atoms with van der Waals surface area (Å²) in [6, 6.07) is 7.38. The lowest BCUT2D eigenvalue weighted by molar-refractivity contribution is -0.122. The minimum absolute atomic E-state index is 0.0328. The first-order chi connectivity index (χ1) is 20.1. The summed E-state index contributed by atoms with van der Waals surface area (Å²) in [4.78, 5) is 32.6. The van der Waals surface area contributed by atoms with Crippen LogP contribution < -0.4 is 21.7 Å². The number of imidazole rings is 1. The van der Waals surface area contributed by atoms with Gasteiger partial charge in [-0.25, -0.2) is 19.1 Å². The van der Waals surface area contributed by atoms with E-state index in [2.05, 4.69) is 20.7 Å². The number of carbonyl (C=O) groups is 2. The Morgan fingerprint density at radius 3 is 2.57 bits per heavy atom.